The third-order valence-electron chi connectivity index (χ3n) is 3.53. The van der Waals surface area contributed by atoms with Gasteiger partial charge in [0.25, 0.3) is 0 Å². The van der Waals surface area contributed by atoms with E-state index in [1.165, 1.54) is 0 Å². The van der Waals surface area contributed by atoms with Gasteiger partial charge < -0.3 is 10.1 Å². The molecule has 3 heteroatoms. The van der Waals surface area contributed by atoms with E-state index in [9.17, 15) is 4.79 Å². The number of carbonyl (C=O) groups excluding carboxylic acids is 1. The predicted octanol–water partition coefficient (Wildman–Crippen LogP) is 2.97. The molecule has 1 aliphatic heterocycles. The zero-order chi connectivity index (χ0) is 13.7. The normalized spacial score (nSPS) is 19.2. The van der Waals surface area contributed by atoms with Crippen molar-refractivity contribution in [2.45, 2.75) is 33.1 Å². The van der Waals surface area contributed by atoms with Crippen LogP contribution in [0.2, 0.25) is 0 Å². The van der Waals surface area contributed by atoms with Gasteiger partial charge in [-0.15, -0.1) is 0 Å². The van der Waals surface area contributed by atoms with Crippen molar-refractivity contribution in [1.29, 1.82) is 0 Å². The summed E-state index contributed by atoms with van der Waals surface area (Å²) in [5.41, 5.74) is 1.86. The standard InChI is InChI=1S/C16H23NO2/c1-3-9-19-15-7-6-12(2)10-14(15)16(18)13-5-4-8-17-11-13/h6-7,10,13,17H,3-5,8-9,11H2,1-2H3. The number of hydrogen-bond donors (Lipinski definition) is 1. The molecule has 1 saturated heterocycles. The van der Waals surface area contributed by atoms with Gasteiger partial charge in [-0.1, -0.05) is 18.6 Å². The molecular weight excluding hydrogens is 238 g/mol. The molecule has 1 aromatic rings. The van der Waals surface area contributed by atoms with Crippen LogP contribution in [0.15, 0.2) is 18.2 Å². The summed E-state index contributed by atoms with van der Waals surface area (Å²) in [6.07, 6.45) is 3.01. The van der Waals surface area contributed by atoms with Crippen molar-refractivity contribution in [3.8, 4) is 5.75 Å². The fourth-order valence-corrected chi connectivity index (χ4v) is 2.47. The molecule has 1 N–H and O–H groups in total. The lowest BCUT2D eigenvalue weighted by atomic mass is 9.90. The van der Waals surface area contributed by atoms with Crippen molar-refractivity contribution in [3.05, 3.63) is 29.3 Å². The highest BCUT2D eigenvalue weighted by Crippen LogP contribution is 2.25. The van der Waals surface area contributed by atoms with Gasteiger partial charge in [0.05, 0.1) is 12.2 Å². The molecule has 0 aromatic heterocycles. The van der Waals surface area contributed by atoms with Crippen LogP contribution in [-0.4, -0.2) is 25.5 Å². The molecule has 1 atom stereocenters. The second kappa shape index (κ2) is 6.71. The molecule has 19 heavy (non-hydrogen) atoms. The summed E-state index contributed by atoms with van der Waals surface area (Å²) in [6.45, 7) is 6.56. The summed E-state index contributed by atoms with van der Waals surface area (Å²) >= 11 is 0. The molecule has 1 aliphatic rings. The number of ketones is 1. The molecule has 0 saturated carbocycles. The first-order valence-electron chi connectivity index (χ1n) is 7.20. The van der Waals surface area contributed by atoms with Crippen LogP contribution in [0.4, 0.5) is 0 Å². The second-order valence-electron chi connectivity index (χ2n) is 5.26. The van der Waals surface area contributed by atoms with Gasteiger partial charge in [-0.25, -0.2) is 0 Å². The first-order valence-corrected chi connectivity index (χ1v) is 7.20. The molecule has 0 aliphatic carbocycles. The van der Waals surface area contributed by atoms with Crippen LogP contribution in [0.25, 0.3) is 0 Å². The van der Waals surface area contributed by atoms with Crippen LogP contribution < -0.4 is 10.1 Å². The molecule has 2 rings (SSSR count). The van der Waals surface area contributed by atoms with Crippen LogP contribution in [-0.2, 0) is 0 Å². The fourth-order valence-electron chi connectivity index (χ4n) is 2.47. The number of hydrogen-bond acceptors (Lipinski definition) is 3. The van der Waals surface area contributed by atoms with E-state index >= 15 is 0 Å². The minimum atomic E-state index is 0.0968. The molecule has 1 heterocycles. The van der Waals surface area contributed by atoms with Gasteiger partial charge in [-0.05, 0) is 44.9 Å². The average molecular weight is 261 g/mol. The Bertz CT molecular complexity index is 436. The van der Waals surface area contributed by atoms with Crippen LogP contribution in [0.5, 0.6) is 5.75 Å². The van der Waals surface area contributed by atoms with Crippen molar-refractivity contribution in [1.82, 2.24) is 5.32 Å². The van der Waals surface area contributed by atoms with E-state index in [0.29, 0.717) is 6.61 Å². The average Bonchev–Trinajstić information content (AvgIpc) is 2.46. The van der Waals surface area contributed by atoms with Gasteiger partial charge in [0, 0.05) is 12.5 Å². The third-order valence-corrected chi connectivity index (χ3v) is 3.53. The smallest absolute Gasteiger partial charge is 0.170 e. The summed E-state index contributed by atoms with van der Waals surface area (Å²) in [6, 6.07) is 5.89. The maximum Gasteiger partial charge on any atom is 0.170 e. The zero-order valence-corrected chi connectivity index (χ0v) is 11.9. The van der Waals surface area contributed by atoms with E-state index in [0.717, 1.165) is 49.2 Å². The van der Waals surface area contributed by atoms with E-state index < -0.39 is 0 Å². The minimum absolute atomic E-state index is 0.0968. The summed E-state index contributed by atoms with van der Waals surface area (Å²) in [5, 5.41) is 3.30. The SMILES string of the molecule is CCCOc1ccc(C)cc1C(=O)C1CCCNC1. The molecule has 104 valence electrons. The topological polar surface area (TPSA) is 38.3 Å². The van der Waals surface area contributed by atoms with Gasteiger partial charge in [0.1, 0.15) is 5.75 Å². The van der Waals surface area contributed by atoms with E-state index in [4.69, 9.17) is 4.74 Å². The zero-order valence-electron chi connectivity index (χ0n) is 11.9. The van der Waals surface area contributed by atoms with E-state index in [1.54, 1.807) is 0 Å². The fraction of sp³-hybridized carbons (Fsp3) is 0.562. The number of aryl methyl sites for hydroxylation is 1. The lowest BCUT2D eigenvalue weighted by Crippen LogP contribution is -2.34. The molecule has 1 aromatic carbocycles. The highest BCUT2D eigenvalue weighted by atomic mass is 16.5. The second-order valence-corrected chi connectivity index (χ2v) is 5.26. The van der Waals surface area contributed by atoms with E-state index in [1.807, 2.05) is 25.1 Å². The number of benzene rings is 1. The Morgan fingerprint density at radius 1 is 1.47 bits per heavy atom. The number of piperidine rings is 1. The Balaban J connectivity index is 2.20. The maximum absolute atomic E-state index is 12.6. The van der Waals surface area contributed by atoms with Crippen LogP contribution in [0, 0.1) is 12.8 Å². The van der Waals surface area contributed by atoms with Crippen molar-refractivity contribution >= 4 is 5.78 Å². The van der Waals surface area contributed by atoms with Gasteiger partial charge in [0.2, 0.25) is 0 Å². The number of rotatable bonds is 5. The monoisotopic (exact) mass is 261 g/mol. The van der Waals surface area contributed by atoms with Crippen molar-refractivity contribution in [2.24, 2.45) is 5.92 Å². The van der Waals surface area contributed by atoms with Crippen molar-refractivity contribution in [3.63, 3.8) is 0 Å². The van der Waals surface area contributed by atoms with Crippen LogP contribution >= 0.6 is 0 Å². The van der Waals surface area contributed by atoms with E-state index in [2.05, 4.69) is 12.2 Å². The quantitative estimate of drug-likeness (QED) is 0.828. The number of Topliss-reactive ketones (excluding diaryl/α,β-unsaturated/α-hetero) is 1. The predicted molar refractivity (Wildman–Crippen MR) is 76.9 cm³/mol. The molecule has 1 unspecified atom stereocenters. The summed E-state index contributed by atoms with van der Waals surface area (Å²) < 4.78 is 5.71. The Kier molecular flexibility index (Phi) is 4.97. The maximum atomic E-state index is 12.6. The highest BCUT2D eigenvalue weighted by Gasteiger charge is 2.24. The Morgan fingerprint density at radius 3 is 3.00 bits per heavy atom. The molecular formula is C16H23NO2. The van der Waals surface area contributed by atoms with Gasteiger partial charge in [-0.3, -0.25) is 4.79 Å². The Hall–Kier alpha value is -1.35. The van der Waals surface area contributed by atoms with Crippen molar-refractivity contribution < 1.29 is 9.53 Å². The van der Waals surface area contributed by atoms with Crippen LogP contribution in [0.1, 0.15) is 42.1 Å². The van der Waals surface area contributed by atoms with Gasteiger partial charge in [0.15, 0.2) is 5.78 Å². The molecule has 0 bridgehead atoms. The van der Waals surface area contributed by atoms with Gasteiger partial charge in [-0.2, -0.15) is 0 Å². The van der Waals surface area contributed by atoms with E-state index in [-0.39, 0.29) is 11.7 Å². The lowest BCUT2D eigenvalue weighted by Gasteiger charge is -2.22. The summed E-state index contributed by atoms with van der Waals surface area (Å²) in [7, 11) is 0. The Morgan fingerprint density at radius 2 is 2.32 bits per heavy atom. The largest absolute Gasteiger partial charge is 0.493 e. The highest BCUT2D eigenvalue weighted by molar-refractivity contribution is 6.00. The third kappa shape index (κ3) is 3.57. The summed E-state index contributed by atoms with van der Waals surface area (Å²) in [4.78, 5) is 12.6. The van der Waals surface area contributed by atoms with Gasteiger partial charge >= 0.3 is 0 Å². The molecule has 0 amide bonds. The van der Waals surface area contributed by atoms with Crippen LogP contribution in [0.3, 0.4) is 0 Å². The number of carbonyl (C=O) groups is 1. The minimum Gasteiger partial charge on any atom is -0.493 e. The summed E-state index contributed by atoms with van der Waals surface area (Å²) in [5.74, 6) is 1.06. The van der Waals surface area contributed by atoms with Crippen molar-refractivity contribution in [2.75, 3.05) is 19.7 Å². The first-order chi connectivity index (χ1) is 9.22. The molecule has 0 radical (unpaired) electrons. The lowest BCUT2D eigenvalue weighted by molar-refractivity contribution is 0.0895. The number of ether oxygens (including phenoxy) is 1. The molecule has 0 spiro atoms. The Labute approximate surface area is 115 Å². The molecule has 3 nitrogen and oxygen atoms in total. The first kappa shape index (κ1) is 14.1. The molecule has 1 fully saturated rings. The number of nitrogens with one attached hydrogen (secondary N) is 1.